The number of nitrogens with one attached hydrogen (secondary N) is 1. The van der Waals surface area contributed by atoms with E-state index in [4.69, 9.17) is 0 Å². The molecule has 0 bridgehead atoms. The van der Waals surface area contributed by atoms with Crippen LogP contribution in [0.25, 0.3) is 0 Å². The van der Waals surface area contributed by atoms with Gasteiger partial charge in [-0.05, 0) is 19.3 Å². The molecule has 1 unspecified atom stereocenters. The molecule has 0 aromatic carbocycles. The average molecular weight is 236 g/mol. The fourth-order valence-electron chi connectivity index (χ4n) is 2.73. The second kappa shape index (κ2) is 4.51. The van der Waals surface area contributed by atoms with Crippen LogP contribution in [0, 0.1) is 5.92 Å². The first-order chi connectivity index (χ1) is 8.08. The van der Waals surface area contributed by atoms with Gasteiger partial charge in [-0.1, -0.05) is 26.0 Å². The van der Waals surface area contributed by atoms with Crippen molar-refractivity contribution in [3.8, 4) is 0 Å². The van der Waals surface area contributed by atoms with Crippen LogP contribution in [-0.4, -0.2) is 35.3 Å². The number of hydrogen-bond acceptors (Lipinski definition) is 2. The van der Waals surface area contributed by atoms with Gasteiger partial charge in [0, 0.05) is 19.0 Å². The summed E-state index contributed by atoms with van der Waals surface area (Å²) in [6.45, 7) is 5.06. The molecular weight excluding hydrogens is 216 g/mol. The highest BCUT2D eigenvalue weighted by atomic mass is 16.2. The van der Waals surface area contributed by atoms with Crippen LogP contribution < -0.4 is 5.32 Å². The zero-order valence-corrected chi connectivity index (χ0v) is 10.5. The first kappa shape index (κ1) is 12.1. The number of rotatable bonds is 1. The van der Waals surface area contributed by atoms with E-state index >= 15 is 0 Å². The summed E-state index contributed by atoms with van der Waals surface area (Å²) in [6, 6.07) is 0. The van der Waals surface area contributed by atoms with Gasteiger partial charge in [0.25, 0.3) is 0 Å². The van der Waals surface area contributed by atoms with Crippen molar-refractivity contribution in [2.45, 2.75) is 38.6 Å². The van der Waals surface area contributed by atoms with Crippen LogP contribution in [0.4, 0.5) is 0 Å². The summed E-state index contributed by atoms with van der Waals surface area (Å²) < 4.78 is 0. The molecule has 4 nitrogen and oxygen atoms in total. The van der Waals surface area contributed by atoms with Crippen molar-refractivity contribution in [2.75, 3.05) is 13.1 Å². The van der Waals surface area contributed by atoms with Crippen molar-refractivity contribution in [3.63, 3.8) is 0 Å². The molecule has 2 rings (SSSR count). The molecule has 94 valence electrons. The molecule has 0 saturated carbocycles. The third-order valence-corrected chi connectivity index (χ3v) is 3.67. The summed E-state index contributed by atoms with van der Waals surface area (Å²) in [5, 5.41) is 2.88. The molecule has 2 aliphatic heterocycles. The first-order valence-electron chi connectivity index (χ1n) is 6.33. The van der Waals surface area contributed by atoms with Gasteiger partial charge in [-0.3, -0.25) is 9.59 Å². The van der Waals surface area contributed by atoms with Crippen LogP contribution in [0.15, 0.2) is 12.2 Å². The summed E-state index contributed by atoms with van der Waals surface area (Å²) in [4.78, 5) is 26.2. The smallest absolute Gasteiger partial charge is 0.246 e. The Morgan fingerprint density at radius 3 is 2.94 bits per heavy atom. The maximum absolute atomic E-state index is 12.2. The lowest BCUT2D eigenvalue weighted by atomic mass is 9.90. The topological polar surface area (TPSA) is 49.4 Å². The molecule has 1 saturated heterocycles. The lowest BCUT2D eigenvalue weighted by Gasteiger charge is -2.36. The second-order valence-corrected chi connectivity index (χ2v) is 5.17. The Morgan fingerprint density at radius 1 is 1.47 bits per heavy atom. The van der Waals surface area contributed by atoms with Crippen molar-refractivity contribution >= 4 is 11.8 Å². The third-order valence-electron chi connectivity index (χ3n) is 3.67. The maximum Gasteiger partial charge on any atom is 0.246 e. The quantitative estimate of drug-likeness (QED) is 0.693. The van der Waals surface area contributed by atoms with E-state index in [-0.39, 0.29) is 17.7 Å². The van der Waals surface area contributed by atoms with Crippen LogP contribution in [0.2, 0.25) is 0 Å². The van der Waals surface area contributed by atoms with E-state index in [9.17, 15) is 9.59 Å². The summed E-state index contributed by atoms with van der Waals surface area (Å²) in [7, 11) is 0. The minimum absolute atomic E-state index is 0.00833. The van der Waals surface area contributed by atoms with E-state index < -0.39 is 5.54 Å². The van der Waals surface area contributed by atoms with Crippen LogP contribution in [0.5, 0.6) is 0 Å². The van der Waals surface area contributed by atoms with Crippen molar-refractivity contribution in [1.29, 1.82) is 0 Å². The standard InChI is InChI=1S/C13H20N2O2/c1-10(2)11(16)15-9-5-7-13(15)6-3-4-8-14-12(13)17/h3-4,10H,5-9H2,1-2H3,(H,14,17). The van der Waals surface area contributed by atoms with Crippen molar-refractivity contribution < 1.29 is 9.59 Å². The van der Waals surface area contributed by atoms with Crippen LogP contribution in [-0.2, 0) is 9.59 Å². The number of amides is 2. The Hall–Kier alpha value is -1.32. The SMILES string of the molecule is CC(C)C(=O)N1CCCC12CC=CCNC2=O. The summed E-state index contributed by atoms with van der Waals surface area (Å²) in [5.41, 5.74) is -0.617. The average Bonchev–Trinajstić information content (AvgIpc) is 2.62. The molecule has 0 aromatic heterocycles. The molecule has 0 aromatic rings. The molecule has 1 atom stereocenters. The van der Waals surface area contributed by atoms with E-state index in [1.54, 1.807) is 4.90 Å². The number of carbonyl (C=O) groups is 2. The second-order valence-electron chi connectivity index (χ2n) is 5.17. The minimum atomic E-state index is -0.617. The minimum Gasteiger partial charge on any atom is -0.351 e. The molecule has 1 fully saturated rings. The van der Waals surface area contributed by atoms with Gasteiger partial charge < -0.3 is 10.2 Å². The predicted octanol–water partition coefficient (Wildman–Crippen LogP) is 1.08. The van der Waals surface area contributed by atoms with Crippen LogP contribution in [0.3, 0.4) is 0 Å². The Bertz CT molecular complexity index is 362. The summed E-state index contributed by atoms with van der Waals surface area (Å²) in [6.07, 6.45) is 6.32. The fraction of sp³-hybridized carbons (Fsp3) is 0.692. The maximum atomic E-state index is 12.2. The summed E-state index contributed by atoms with van der Waals surface area (Å²) >= 11 is 0. The van der Waals surface area contributed by atoms with E-state index in [0.29, 0.717) is 19.5 Å². The number of carbonyl (C=O) groups excluding carboxylic acids is 2. The van der Waals surface area contributed by atoms with Gasteiger partial charge in [0.05, 0.1) is 0 Å². The van der Waals surface area contributed by atoms with Gasteiger partial charge in [-0.2, -0.15) is 0 Å². The van der Waals surface area contributed by atoms with Crippen molar-refractivity contribution in [2.24, 2.45) is 5.92 Å². The first-order valence-corrected chi connectivity index (χ1v) is 6.33. The fourth-order valence-corrected chi connectivity index (χ4v) is 2.73. The highest BCUT2D eigenvalue weighted by molar-refractivity contribution is 5.93. The molecule has 2 heterocycles. The Kier molecular flexibility index (Phi) is 3.22. The monoisotopic (exact) mass is 236 g/mol. The summed E-state index contributed by atoms with van der Waals surface area (Å²) in [5.74, 6) is 0.0481. The Labute approximate surface area is 102 Å². The number of nitrogens with zero attached hydrogens (tertiary/aromatic N) is 1. The van der Waals surface area contributed by atoms with Crippen LogP contribution >= 0.6 is 0 Å². The Morgan fingerprint density at radius 2 is 2.24 bits per heavy atom. The zero-order valence-electron chi connectivity index (χ0n) is 10.5. The molecular formula is C13H20N2O2. The molecule has 1 spiro atoms. The molecule has 0 aliphatic carbocycles. The molecule has 2 amide bonds. The van der Waals surface area contributed by atoms with E-state index in [1.807, 2.05) is 26.0 Å². The van der Waals surface area contributed by atoms with Gasteiger partial charge in [-0.15, -0.1) is 0 Å². The largest absolute Gasteiger partial charge is 0.351 e. The van der Waals surface area contributed by atoms with Crippen LogP contribution in [0.1, 0.15) is 33.1 Å². The van der Waals surface area contributed by atoms with Gasteiger partial charge in [-0.25, -0.2) is 0 Å². The van der Waals surface area contributed by atoms with E-state index in [2.05, 4.69) is 5.32 Å². The number of likely N-dealkylation sites (tertiary alicyclic amines) is 1. The van der Waals surface area contributed by atoms with E-state index in [1.165, 1.54) is 0 Å². The highest BCUT2D eigenvalue weighted by Crippen LogP contribution is 2.35. The number of hydrogen-bond donors (Lipinski definition) is 1. The normalized spacial score (nSPS) is 28.6. The highest BCUT2D eigenvalue weighted by Gasteiger charge is 2.49. The van der Waals surface area contributed by atoms with Gasteiger partial charge in [0.1, 0.15) is 5.54 Å². The van der Waals surface area contributed by atoms with Gasteiger partial charge in [0.2, 0.25) is 11.8 Å². The van der Waals surface area contributed by atoms with E-state index in [0.717, 1.165) is 12.8 Å². The molecule has 17 heavy (non-hydrogen) atoms. The Balaban J connectivity index is 2.30. The van der Waals surface area contributed by atoms with Gasteiger partial charge in [0.15, 0.2) is 0 Å². The lowest BCUT2D eigenvalue weighted by Crippen LogP contribution is -2.57. The van der Waals surface area contributed by atoms with Crippen molar-refractivity contribution in [1.82, 2.24) is 10.2 Å². The molecule has 4 heteroatoms. The molecule has 0 radical (unpaired) electrons. The molecule has 2 aliphatic rings. The van der Waals surface area contributed by atoms with Crippen molar-refractivity contribution in [3.05, 3.63) is 12.2 Å². The third kappa shape index (κ3) is 1.96. The lowest BCUT2D eigenvalue weighted by molar-refractivity contribution is -0.146. The zero-order chi connectivity index (χ0) is 12.5. The van der Waals surface area contributed by atoms with Gasteiger partial charge >= 0.3 is 0 Å². The molecule has 1 N–H and O–H groups in total. The predicted molar refractivity (Wildman–Crippen MR) is 65.3 cm³/mol.